The van der Waals surface area contributed by atoms with Gasteiger partial charge in [-0.1, -0.05) is 20.8 Å². The minimum Gasteiger partial charge on any atom is -0.381 e. The van der Waals surface area contributed by atoms with Crippen molar-refractivity contribution in [3.05, 3.63) is 0 Å². The van der Waals surface area contributed by atoms with E-state index in [1.165, 1.54) is 0 Å². The minimum absolute atomic E-state index is 0.251. The Balaban J connectivity index is 1.90. The normalized spacial score (nSPS) is 29.9. The molecule has 0 aromatic rings. The van der Waals surface area contributed by atoms with Gasteiger partial charge in [-0.15, -0.1) is 0 Å². The zero-order chi connectivity index (χ0) is 14.8. The fourth-order valence-electron chi connectivity index (χ4n) is 3.70. The maximum absolute atomic E-state index is 12.2. The van der Waals surface area contributed by atoms with E-state index in [2.05, 4.69) is 32.7 Å². The van der Waals surface area contributed by atoms with Crippen molar-refractivity contribution in [1.29, 1.82) is 0 Å². The van der Waals surface area contributed by atoms with Crippen LogP contribution < -0.4 is 0 Å². The molecule has 0 amide bonds. The van der Waals surface area contributed by atoms with Gasteiger partial charge in [0, 0.05) is 38.1 Å². The lowest BCUT2D eigenvalue weighted by Crippen LogP contribution is -2.43. The third-order valence-corrected chi connectivity index (χ3v) is 5.31. The number of carbonyl (C=O) groups excluding carboxylic acids is 1. The zero-order valence-corrected chi connectivity index (χ0v) is 13.7. The van der Waals surface area contributed by atoms with Gasteiger partial charge in [0.15, 0.2) is 0 Å². The molecule has 0 aromatic carbocycles. The van der Waals surface area contributed by atoms with Gasteiger partial charge in [-0.2, -0.15) is 0 Å². The van der Waals surface area contributed by atoms with Crippen LogP contribution in [0.4, 0.5) is 0 Å². The molecule has 0 spiro atoms. The van der Waals surface area contributed by atoms with E-state index in [0.29, 0.717) is 23.2 Å². The van der Waals surface area contributed by atoms with E-state index in [1.807, 2.05) is 0 Å². The molecule has 2 aliphatic rings. The maximum Gasteiger partial charge on any atom is 0.137 e. The van der Waals surface area contributed by atoms with E-state index >= 15 is 0 Å². The number of ketones is 1. The molecule has 20 heavy (non-hydrogen) atoms. The van der Waals surface area contributed by atoms with Crippen LogP contribution in [0.25, 0.3) is 0 Å². The fraction of sp³-hybridized carbons (Fsp3) is 0.941. The van der Waals surface area contributed by atoms with Gasteiger partial charge >= 0.3 is 0 Å². The van der Waals surface area contributed by atoms with Crippen molar-refractivity contribution in [3.63, 3.8) is 0 Å². The Labute approximate surface area is 124 Å². The first-order valence-electron chi connectivity index (χ1n) is 8.18. The lowest BCUT2D eigenvalue weighted by molar-refractivity contribution is -0.127. The second-order valence-electron chi connectivity index (χ2n) is 7.78. The highest BCUT2D eigenvalue weighted by Gasteiger charge is 2.36. The van der Waals surface area contributed by atoms with Crippen LogP contribution in [0.1, 0.15) is 52.9 Å². The second-order valence-corrected chi connectivity index (χ2v) is 7.78. The van der Waals surface area contributed by atoms with Crippen molar-refractivity contribution in [3.8, 4) is 0 Å². The first-order chi connectivity index (χ1) is 9.38. The fourth-order valence-corrected chi connectivity index (χ4v) is 3.70. The van der Waals surface area contributed by atoms with Crippen molar-refractivity contribution in [1.82, 2.24) is 4.90 Å². The second kappa shape index (κ2) is 6.57. The van der Waals surface area contributed by atoms with Crippen molar-refractivity contribution in [2.24, 2.45) is 17.3 Å². The Morgan fingerprint density at radius 2 is 1.85 bits per heavy atom. The summed E-state index contributed by atoms with van der Waals surface area (Å²) in [6.07, 6.45) is 5.17. The Morgan fingerprint density at radius 1 is 1.20 bits per heavy atom. The van der Waals surface area contributed by atoms with Gasteiger partial charge < -0.3 is 9.64 Å². The highest BCUT2D eigenvalue weighted by molar-refractivity contribution is 5.82. The van der Waals surface area contributed by atoms with Crippen LogP contribution in [-0.4, -0.2) is 43.5 Å². The Kier molecular flexibility index (Phi) is 5.25. The van der Waals surface area contributed by atoms with Crippen LogP contribution in [0.2, 0.25) is 0 Å². The standard InChI is InChI=1S/C17H31NO2/c1-17(2,3)14-5-6-16(19)13(11-14)12-18(4)15-7-9-20-10-8-15/h13-15H,5-12H2,1-4H3. The molecule has 0 radical (unpaired) electrons. The van der Waals surface area contributed by atoms with E-state index in [4.69, 9.17) is 4.74 Å². The van der Waals surface area contributed by atoms with Gasteiger partial charge in [0.25, 0.3) is 0 Å². The highest BCUT2D eigenvalue weighted by atomic mass is 16.5. The monoisotopic (exact) mass is 281 g/mol. The lowest BCUT2D eigenvalue weighted by Gasteiger charge is -2.39. The predicted octanol–water partition coefficient (Wildman–Crippen LogP) is 3.13. The molecule has 2 unspecified atom stereocenters. The Bertz CT molecular complexity index is 328. The summed E-state index contributed by atoms with van der Waals surface area (Å²) < 4.78 is 5.43. The number of nitrogens with zero attached hydrogens (tertiary/aromatic N) is 1. The molecule has 1 heterocycles. The van der Waals surface area contributed by atoms with Crippen LogP contribution in [0.15, 0.2) is 0 Å². The van der Waals surface area contributed by atoms with Gasteiger partial charge in [0.1, 0.15) is 5.78 Å². The molecule has 0 aromatic heterocycles. The molecule has 0 bridgehead atoms. The highest BCUT2D eigenvalue weighted by Crippen LogP contribution is 2.39. The SMILES string of the molecule is CN(CC1CC(C(C)(C)C)CCC1=O)C1CCOCC1. The van der Waals surface area contributed by atoms with E-state index in [-0.39, 0.29) is 5.92 Å². The summed E-state index contributed by atoms with van der Waals surface area (Å²) in [6.45, 7) is 9.62. The van der Waals surface area contributed by atoms with Crippen molar-refractivity contribution in [2.75, 3.05) is 26.8 Å². The number of carbonyl (C=O) groups is 1. The van der Waals surface area contributed by atoms with Gasteiger partial charge in [-0.05, 0) is 44.1 Å². The first kappa shape index (κ1) is 16.0. The summed E-state index contributed by atoms with van der Waals surface area (Å²) in [5.41, 5.74) is 0.330. The third kappa shape index (κ3) is 4.05. The van der Waals surface area contributed by atoms with Crippen LogP contribution in [0, 0.1) is 17.3 Å². The average Bonchev–Trinajstić information content (AvgIpc) is 2.41. The predicted molar refractivity (Wildman–Crippen MR) is 81.8 cm³/mol. The molecule has 3 heteroatoms. The van der Waals surface area contributed by atoms with Crippen LogP contribution in [-0.2, 0) is 9.53 Å². The quantitative estimate of drug-likeness (QED) is 0.796. The van der Waals surface area contributed by atoms with Crippen LogP contribution in [0.3, 0.4) is 0 Å². The summed E-state index contributed by atoms with van der Waals surface area (Å²) in [6, 6.07) is 0.603. The summed E-state index contributed by atoms with van der Waals surface area (Å²) in [4.78, 5) is 14.6. The van der Waals surface area contributed by atoms with Gasteiger partial charge in [0.05, 0.1) is 0 Å². The van der Waals surface area contributed by atoms with E-state index in [1.54, 1.807) is 0 Å². The molecule has 1 aliphatic carbocycles. The smallest absolute Gasteiger partial charge is 0.137 e. The summed E-state index contributed by atoms with van der Waals surface area (Å²) in [5.74, 6) is 1.43. The number of rotatable bonds is 3. The molecule has 1 saturated carbocycles. The van der Waals surface area contributed by atoms with Crippen LogP contribution in [0.5, 0.6) is 0 Å². The largest absolute Gasteiger partial charge is 0.381 e. The molecule has 3 nitrogen and oxygen atoms in total. The molecular formula is C17H31NO2. The molecule has 2 rings (SSSR count). The average molecular weight is 281 g/mol. The number of hydrogen-bond donors (Lipinski definition) is 0. The van der Waals surface area contributed by atoms with E-state index < -0.39 is 0 Å². The number of hydrogen-bond acceptors (Lipinski definition) is 3. The summed E-state index contributed by atoms with van der Waals surface area (Å²) in [7, 11) is 2.18. The maximum atomic E-state index is 12.2. The van der Waals surface area contributed by atoms with Crippen molar-refractivity contribution < 1.29 is 9.53 Å². The molecule has 2 fully saturated rings. The van der Waals surface area contributed by atoms with Crippen molar-refractivity contribution in [2.45, 2.75) is 58.9 Å². The van der Waals surface area contributed by atoms with E-state index in [0.717, 1.165) is 51.9 Å². The Hall–Kier alpha value is -0.410. The van der Waals surface area contributed by atoms with Crippen molar-refractivity contribution >= 4 is 5.78 Å². The molecule has 2 atom stereocenters. The number of ether oxygens (including phenoxy) is 1. The number of Topliss-reactive ketones (excluding diaryl/α,β-unsaturated/α-hetero) is 1. The van der Waals surface area contributed by atoms with Gasteiger partial charge in [0.2, 0.25) is 0 Å². The van der Waals surface area contributed by atoms with E-state index in [9.17, 15) is 4.79 Å². The Morgan fingerprint density at radius 3 is 2.45 bits per heavy atom. The topological polar surface area (TPSA) is 29.5 Å². The summed E-state index contributed by atoms with van der Waals surface area (Å²) >= 11 is 0. The molecule has 116 valence electrons. The minimum atomic E-state index is 0.251. The molecule has 1 aliphatic heterocycles. The van der Waals surface area contributed by atoms with Gasteiger partial charge in [-0.25, -0.2) is 0 Å². The van der Waals surface area contributed by atoms with Gasteiger partial charge in [-0.3, -0.25) is 4.79 Å². The summed E-state index contributed by atoms with van der Waals surface area (Å²) in [5, 5.41) is 0. The molecule has 1 saturated heterocycles. The molecule has 0 N–H and O–H groups in total. The first-order valence-corrected chi connectivity index (χ1v) is 8.18. The van der Waals surface area contributed by atoms with Crippen LogP contribution >= 0.6 is 0 Å². The third-order valence-electron chi connectivity index (χ3n) is 5.31. The lowest BCUT2D eigenvalue weighted by atomic mass is 9.68. The zero-order valence-electron chi connectivity index (χ0n) is 13.7. The molecular weight excluding hydrogens is 250 g/mol.